The van der Waals surface area contributed by atoms with Gasteiger partial charge in [0, 0.05) is 24.3 Å². The van der Waals surface area contributed by atoms with Gasteiger partial charge in [-0.2, -0.15) is 10.2 Å². The maximum Gasteiger partial charge on any atom is 0.312 e. The molecule has 0 saturated carbocycles. The molecule has 0 aromatic carbocycles. The van der Waals surface area contributed by atoms with E-state index in [-0.39, 0.29) is 24.3 Å². The number of aryl methyl sites for hydroxylation is 1. The number of nitro groups is 1. The minimum absolute atomic E-state index is 0.0158. The van der Waals surface area contributed by atoms with E-state index >= 15 is 0 Å². The van der Waals surface area contributed by atoms with Crippen LogP contribution in [0.3, 0.4) is 0 Å². The normalized spacial score (nSPS) is 24.5. The summed E-state index contributed by atoms with van der Waals surface area (Å²) < 4.78 is 3.09. The van der Waals surface area contributed by atoms with E-state index in [0.717, 1.165) is 12.8 Å². The predicted octanol–water partition coefficient (Wildman–Crippen LogP) is 1.47. The molecule has 2 aromatic rings. The van der Waals surface area contributed by atoms with Crippen LogP contribution in [0.4, 0.5) is 5.69 Å². The number of fused-ring (bicyclic) bond motifs is 2. The quantitative estimate of drug-likeness (QED) is 0.614. The Morgan fingerprint density at radius 3 is 2.57 bits per heavy atom. The number of aromatic nitrogens is 4. The number of nitrogens with one attached hydrogen (secondary N) is 1. The van der Waals surface area contributed by atoms with Crippen LogP contribution >= 0.6 is 0 Å². The topological polar surface area (TPSA) is 111 Å². The first-order chi connectivity index (χ1) is 13.3. The van der Waals surface area contributed by atoms with Gasteiger partial charge in [-0.1, -0.05) is 0 Å². The van der Waals surface area contributed by atoms with Crippen molar-refractivity contribution in [1.82, 2.24) is 29.8 Å². The second kappa shape index (κ2) is 7.01. The summed E-state index contributed by atoms with van der Waals surface area (Å²) >= 11 is 0. The predicted molar refractivity (Wildman–Crippen MR) is 101 cm³/mol. The SMILES string of the molecule is Cc1nn(Cn2ccc(C(=O)NC3CC4CCC(C3)N4C)n2)c(C)c1[N+](=O)[O-]. The van der Waals surface area contributed by atoms with Crippen molar-refractivity contribution in [3.63, 3.8) is 0 Å². The number of carbonyl (C=O) groups is 1. The Bertz CT molecular complexity index is 904. The van der Waals surface area contributed by atoms with Crippen LogP contribution in [0.5, 0.6) is 0 Å². The number of amides is 1. The fourth-order valence-corrected chi connectivity index (χ4v) is 4.58. The van der Waals surface area contributed by atoms with Crippen molar-refractivity contribution in [1.29, 1.82) is 0 Å². The van der Waals surface area contributed by atoms with Crippen LogP contribution in [0.15, 0.2) is 12.3 Å². The summed E-state index contributed by atoms with van der Waals surface area (Å²) in [5, 5.41) is 22.8. The van der Waals surface area contributed by atoms with Crippen molar-refractivity contribution in [2.45, 2.75) is 64.3 Å². The summed E-state index contributed by atoms with van der Waals surface area (Å²) in [5.41, 5.74) is 1.19. The van der Waals surface area contributed by atoms with Gasteiger partial charge >= 0.3 is 5.69 Å². The van der Waals surface area contributed by atoms with Gasteiger partial charge in [-0.05, 0) is 52.6 Å². The van der Waals surface area contributed by atoms with Crippen LogP contribution in [0.1, 0.15) is 47.6 Å². The molecule has 1 amide bonds. The molecule has 2 saturated heterocycles. The molecular weight excluding hydrogens is 362 g/mol. The molecule has 4 heterocycles. The highest BCUT2D eigenvalue weighted by Gasteiger charge is 2.39. The summed E-state index contributed by atoms with van der Waals surface area (Å²) in [5.74, 6) is -0.174. The summed E-state index contributed by atoms with van der Waals surface area (Å²) in [6, 6.07) is 2.97. The molecule has 2 atom stereocenters. The maximum absolute atomic E-state index is 12.6. The largest absolute Gasteiger partial charge is 0.348 e. The van der Waals surface area contributed by atoms with Crippen LogP contribution < -0.4 is 5.32 Å². The first-order valence-electron chi connectivity index (χ1n) is 9.58. The molecular formula is C18H25N7O3. The molecule has 1 N–H and O–H groups in total. The Labute approximate surface area is 162 Å². The lowest BCUT2D eigenvalue weighted by atomic mass is 9.98. The van der Waals surface area contributed by atoms with Crippen molar-refractivity contribution in [3.05, 3.63) is 39.5 Å². The molecule has 10 nitrogen and oxygen atoms in total. The summed E-state index contributed by atoms with van der Waals surface area (Å²) in [7, 11) is 2.17. The highest BCUT2D eigenvalue weighted by Crippen LogP contribution is 2.34. The molecule has 0 spiro atoms. The van der Waals surface area contributed by atoms with E-state index < -0.39 is 4.92 Å². The second-order valence-corrected chi connectivity index (χ2v) is 7.85. The van der Waals surface area contributed by atoms with Gasteiger partial charge < -0.3 is 10.2 Å². The van der Waals surface area contributed by atoms with Crippen molar-refractivity contribution in [3.8, 4) is 0 Å². The summed E-state index contributed by atoms with van der Waals surface area (Å²) in [4.78, 5) is 25.7. The van der Waals surface area contributed by atoms with Crippen molar-refractivity contribution >= 4 is 11.6 Å². The van der Waals surface area contributed by atoms with Crippen LogP contribution in [0, 0.1) is 24.0 Å². The molecule has 2 fully saturated rings. The zero-order chi connectivity index (χ0) is 20.0. The lowest BCUT2D eigenvalue weighted by Crippen LogP contribution is -2.48. The number of nitrogens with zero attached hydrogens (tertiary/aromatic N) is 6. The number of hydrogen-bond donors (Lipinski definition) is 1. The van der Waals surface area contributed by atoms with Crippen molar-refractivity contribution in [2.75, 3.05) is 7.05 Å². The zero-order valence-electron chi connectivity index (χ0n) is 16.3. The van der Waals surface area contributed by atoms with E-state index in [2.05, 4.69) is 27.5 Å². The first kappa shape index (κ1) is 18.6. The minimum Gasteiger partial charge on any atom is -0.348 e. The van der Waals surface area contributed by atoms with Crippen LogP contribution in [0.2, 0.25) is 0 Å². The van der Waals surface area contributed by atoms with Gasteiger partial charge in [0.1, 0.15) is 23.8 Å². The van der Waals surface area contributed by atoms with Gasteiger partial charge in [-0.3, -0.25) is 19.6 Å². The number of rotatable bonds is 5. The Balaban J connectivity index is 1.41. The number of hydrogen-bond acceptors (Lipinski definition) is 6. The minimum atomic E-state index is -0.426. The van der Waals surface area contributed by atoms with Crippen LogP contribution in [-0.2, 0) is 6.67 Å². The molecule has 2 aromatic heterocycles. The van der Waals surface area contributed by atoms with Gasteiger partial charge in [-0.25, -0.2) is 4.68 Å². The molecule has 2 unspecified atom stereocenters. The van der Waals surface area contributed by atoms with E-state index in [0.29, 0.717) is 29.2 Å². The summed E-state index contributed by atoms with van der Waals surface area (Å²) in [6.07, 6.45) is 6.06. The smallest absolute Gasteiger partial charge is 0.312 e. The van der Waals surface area contributed by atoms with E-state index in [1.54, 1.807) is 30.8 Å². The molecule has 150 valence electrons. The average Bonchev–Trinajstić information content (AvgIpc) is 3.24. The maximum atomic E-state index is 12.6. The molecule has 0 aliphatic carbocycles. The Morgan fingerprint density at radius 2 is 1.96 bits per heavy atom. The molecule has 2 aliphatic heterocycles. The summed E-state index contributed by atoms with van der Waals surface area (Å²) in [6.45, 7) is 3.48. The van der Waals surface area contributed by atoms with Gasteiger partial charge in [0.2, 0.25) is 0 Å². The van der Waals surface area contributed by atoms with Gasteiger partial charge in [0.25, 0.3) is 5.91 Å². The third kappa shape index (κ3) is 3.28. The Hall–Kier alpha value is -2.75. The third-order valence-corrected chi connectivity index (χ3v) is 6.11. The third-order valence-electron chi connectivity index (χ3n) is 6.11. The first-order valence-corrected chi connectivity index (χ1v) is 9.58. The van der Waals surface area contributed by atoms with E-state index in [4.69, 9.17) is 0 Å². The zero-order valence-corrected chi connectivity index (χ0v) is 16.3. The fraction of sp³-hybridized carbons (Fsp3) is 0.611. The standard InChI is InChI=1S/C18H25N7O3/c1-11-17(25(27)28)12(2)24(20-11)10-23-7-6-16(21-23)18(26)19-13-8-14-4-5-15(9-13)22(14)3/h6-7,13-15H,4-5,8-10H2,1-3H3,(H,19,26). The molecule has 2 aliphatic rings. The molecule has 10 heteroatoms. The molecule has 2 bridgehead atoms. The monoisotopic (exact) mass is 387 g/mol. The van der Waals surface area contributed by atoms with Crippen molar-refractivity contribution < 1.29 is 9.72 Å². The fourth-order valence-electron chi connectivity index (χ4n) is 4.58. The Kier molecular flexibility index (Phi) is 4.66. The molecule has 0 radical (unpaired) electrons. The molecule has 4 rings (SSSR count). The lowest BCUT2D eigenvalue weighted by molar-refractivity contribution is -0.386. The Morgan fingerprint density at radius 1 is 1.29 bits per heavy atom. The highest BCUT2D eigenvalue weighted by atomic mass is 16.6. The van der Waals surface area contributed by atoms with Gasteiger partial charge in [0.05, 0.1) is 4.92 Å². The second-order valence-electron chi connectivity index (χ2n) is 7.85. The van der Waals surface area contributed by atoms with Gasteiger partial charge in [-0.15, -0.1) is 0 Å². The lowest BCUT2D eigenvalue weighted by Gasteiger charge is -2.36. The van der Waals surface area contributed by atoms with E-state index in [1.165, 1.54) is 17.5 Å². The molecule has 28 heavy (non-hydrogen) atoms. The van der Waals surface area contributed by atoms with Gasteiger partial charge in [0.15, 0.2) is 0 Å². The van der Waals surface area contributed by atoms with Crippen LogP contribution in [-0.4, -0.2) is 60.5 Å². The highest BCUT2D eigenvalue weighted by molar-refractivity contribution is 5.92. The van der Waals surface area contributed by atoms with Crippen LogP contribution in [0.25, 0.3) is 0 Å². The average molecular weight is 387 g/mol. The number of piperidine rings is 1. The van der Waals surface area contributed by atoms with E-state index in [9.17, 15) is 14.9 Å². The van der Waals surface area contributed by atoms with E-state index in [1.807, 2.05) is 0 Å². The van der Waals surface area contributed by atoms with Crippen molar-refractivity contribution in [2.24, 2.45) is 0 Å². The number of carbonyl (C=O) groups excluding carboxylic acids is 1.